The standard InChI is InChI=1S/C27H29FN2O5/c28-26-23(34-16-18-7-3-1-4-8-18)12-11-21(29-26)22(31)15-30-14-19-13-24(25(32)27(19,33)17-30)35-20-9-5-2-6-10-20/h1-12,19,22,24-25,31-33H,13-17H2/t19-,22-,24+,25+,27-/m0/s1. The molecule has 1 saturated carbocycles. The van der Waals surface area contributed by atoms with Crippen LogP contribution in [0.4, 0.5) is 4.39 Å². The molecule has 0 unspecified atom stereocenters. The molecule has 3 N–H and O–H groups in total. The molecule has 1 saturated heterocycles. The number of fused-ring (bicyclic) bond motifs is 1. The highest BCUT2D eigenvalue weighted by Crippen LogP contribution is 2.43. The Morgan fingerprint density at radius 3 is 2.46 bits per heavy atom. The maximum absolute atomic E-state index is 14.5. The van der Waals surface area contributed by atoms with Gasteiger partial charge in [-0.3, -0.25) is 4.90 Å². The first kappa shape index (κ1) is 23.7. The van der Waals surface area contributed by atoms with Crippen molar-refractivity contribution in [3.05, 3.63) is 90.0 Å². The molecular weight excluding hydrogens is 451 g/mol. The first-order chi connectivity index (χ1) is 16.9. The zero-order valence-electron chi connectivity index (χ0n) is 19.2. The Morgan fingerprint density at radius 2 is 1.77 bits per heavy atom. The van der Waals surface area contributed by atoms with Crippen molar-refractivity contribution in [2.24, 2.45) is 5.92 Å². The lowest BCUT2D eigenvalue weighted by molar-refractivity contribution is -0.0876. The van der Waals surface area contributed by atoms with Crippen molar-refractivity contribution in [2.45, 2.75) is 36.9 Å². The molecule has 1 aliphatic heterocycles. The van der Waals surface area contributed by atoms with Gasteiger partial charge < -0.3 is 24.8 Å². The molecule has 1 aromatic heterocycles. The van der Waals surface area contributed by atoms with Crippen LogP contribution in [0.5, 0.6) is 11.5 Å². The van der Waals surface area contributed by atoms with Crippen molar-refractivity contribution in [1.29, 1.82) is 0 Å². The number of pyridine rings is 1. The number of rotatable bonds is 8. The number of nitrogens with zero attached hydrogens (tertiary/aromatic N) is 2. The van der Waals surface area contributed by atoms with Crippen LogP contribution in [0.1, 0.15) is 23.8 Å². The molecular formula is C27H29FN2O5. The fraction of sp³-hybridized carbons (Fsp3) is 0.370. The molecule has 5 atom stereocenters. The smallest absolute Gasteiger partial charge is 0.255 e. The summed E-state index contributed by atoms with van der Waals surface area (Å²) in [7, 11) is 0. The molecule has 2 aliphatic rings. The Morgan fingerprint density at radius 1 is 1.06 bits per heavy atom. The summed E-state index contributed by atoms with van der Waals surface area (Å²) < 4.78 is 25.9. The van der Waals surface area contributed by atoms with Gasteiger partial charge in [0.1, 0.15) is 36.3 Å². The number of hydrogen-bond acceptors (Lipinski definition) is 7. The van der Waals surface area contributed by atoms with Gasteiger partial charge in [0.25, 0.3) is 5.95 Å². The second-order valence-corrected chi connectivity index (χ2v) is 9.35. The number of aliphatic hydroxyl groups is 3. The van der Waals surface area contributed by atoms with E-state index in [1.807, 2.05) is 65.6 Å². The summed E-state index contributed by atoms with van der Waals surface area (Å²) >= 11 is 0. The number of likely N-dealkylation sites (tertiary alicyclic amines) is 1. The average molecular weight is 481 g/mol. The van der Waals surface area contributed by atoms with E-state index in [0.717, 1.165) is 5.56 Å². The summed E-state index contributed by atoms with van der Waals surface area (Å²) in [6.45, 7) is 1.05. The maximum atomic E-state index is 14.5. The minimum atomic E-state index is -1.33. The lowest BCUT2D eigenvalue weighted by Crippen LogP contribution is -2.49. The van der Waals surface area contributed by atoms with E-state index in [2.05, 4.69) is 4.98 Å². The van der Waals surface area contributed by atoms with Crippen LogP contribution in [0, 0.1) is 11.9 Å². The normalized spacial score (nSPS) is 26.9. The van der Waals surface area contributed by atoms with E-state index in [1.165, 1.54) is 12.1 Å². The van der Waals surface area contributed by atoms with E-state index in [0.29, 0.717) is 18.7 Å². The molecule has 3 aromatic rings. The maximum Gasteiger partial charge on any atom is 0.255 e. The number of aromatic nitrogens is 1. The molecule has 1 aliphatic carbocycles. The summed E-state index contributed by atoms with van der Waals surface area (Å²) in [4.78, 5) is 5.76. The minimum Gasteiger partial charge on any atom is -0.488 e. The van der Waals surface area contributed by atoms with Gasteiger partial charge in [-0.25, -0.2) is 4.98 Å². The molecule has 184 valence electrons. The van der Waals surface area contributed by atoms with Gasteiger partial charge in [-0.05, 0) is 36.2 Å². The Kier molecular flexibility index (Phi) is 6.71. The number of ether oxygens (including phenoxy) is 2. The van der Waals surface area contributed by atoms with Crippen LogP contribution in [-0.4, -0.2) is 62.6 Å². The quantitative estimate of drug-likeness (QED) is 0.427. The Bertz CT molecular complexity index is 1130. The minimum absolute atomic E-state index is 0.0161. The van der Waals surface area contributed by atoms with Gasteiger partial charge in [-0.15, -0.1) is 0 Å². The highest BCUT2D eigenvalue weighted by Gasteiger charge is 2.59. The largest absolute Gasteiger partial charge is 0.488 e. The lowest BCUT2D eigenvalue weighted by Gasteiger charge is -2.29. The van der Waals surface area contributed by atoms with Gasteiger partial charge in [0, 0.05) is 25.6 Å². The van der Waals surface area contributed by atoms with Gasteiger partial charge in [-0.2, -0.15) is 4.39 Å². The van der Waals surface area contributed by atoms with Crippen molar-refractivity contribution in [2.75, 3.05) is 19.6 Å². The summed E-state index contributed by atoms with van der Waals surface area (Å²) in [6.07, 6.45) is -2.10. The molecule has 2 heterocycles. The number of para-hydroxylation sites is 1. The molecule has 2 fully saturated rings. The van der Waals surface area contributed by atoms with Gasteiger partial charge >= 0.3 is 0 Å². The highest BCUT2D eigenvalue weighted by molar-refractivity contribution is 5.25. The monoisotopic (exact) mass is 480 g/mol. The van der Waals surface area contributed by atoms with Gasteiger partial charge in [0.05, 0.1) is 5.69 Å². The molecule has 7 nitrogen and oxygen atoms in total. The fourth-order valence-corrected chi connectivity index (χ4v) is 5.09. The van der Waals surface area contributed by atoms with Crippen molar-refractivity contribution >= 4 is 0 Å². The Hall–Kier alpha value is -3.04. The predicted octanol–water partition coefficient (Wildman–Crippen LogP) is 2.71. The van der Waals surface area contributed by atoms with Crippen LogP contribution >= 0.6 is 0 Å². The third-order valence-electron chi connectivity index (χ3n) is 6.92. The SMILES string of the molecule is O[C@@H]1[C@H](Oc2ccccc2)C[C@H]2CN(C[C@H](O)c3ccc(OCc4ccccc4)c(F)n3)C[C@]21O. The van der Waals surface area contributed by atoms with Crippen molar-refractivity contribution in [1.82, 2.24) is 9.88 Å². The number of halogens is 1. The Balaban J connectivity index is 1.17. The summed E-state index contributed by atoms with van der Waals surface area (Å²) in [6, 6.07) is 21.7. The Labute approximate surface area is 203 Å². The van der Waals surface area contributed by atoms with Crippen LogP contribution in [0.25, 0.3) is 0 Å². The summed E-state index contributed by atoms with van der Waals surface area (Å²) in [5.74, 6) is -0.318. The number of β-amino-alcohol motifs (C(OH)–C–C–N with tert-alkyl or cyclic N) is 2. The van der Waals surface area contributed by atoms with E-state index in [9.17, 15) is 19.7 Å². The molecule has 2 aromatic carbocycles. The van der Waals surface area contributed by atoms with Gasteiger partial charge in [0.2, 0.25) is 0 Å². The predicted molar refractivity (Wildman–Crippen MR) is 126 cm³/mol. The van der Waals surface area contributed by atoms with E-state index in [-0.39, 0.29) is 37.1 Å². The van der Waals surface area contributed by atoms with E-state index in [1.54, 1.807) is 0 Å². The van der Waals surface area contributed by atoms with Gasteiger partial charge in [0.15, 0.2) is 5.75 Å². The number of hydrogen-bond donors (Lipinski definition) is 3. The van der Waals surface area contributed by atoms with Crippen LogP contribution < -0.4 is 9.47 Å². The first-order valence-electron chi connectivity index (χ1n) is 11.8. The molecule has 35 heavy (non-hydrogen) atoms. The zero-order chi connectivity index (χ0) is 24.4. The first-order valence-corrected chi connectivity index (χ1v) is 11.8. The molecule has 8 heteroatoms. The van der Waals surface area contributed by atoms with Crippen LogP contribution in [0.3, 0.4) is 0 Å². The molecule has 5 rings (SSSR count). The third-order valence-corrected chi connectivity index (χ3v) is 6.92. The van der Waals surface area contributed by atoms with Crippen molar-refractivity contribution < 1.29 is 29.2 Å². The average Bonchev–Trinajstić information content (AvgIpc) is 3.29. The highest BCUT2D eigenvalue weighted by atomic mass is 19.1. The van der Waals surface area contributed by atoms with Gasteiger partial charge in [-0.1, -0.05) is 48.5 Å². The second-order valence-electron chi connectivity index (χ2n) is 9.35. The topological polar surface area (TPSA) is 95.3 Å². The van der Waals surface area contributed by atoms with Crippen molar-refractivity contribution in [3.63, 3.8) is 0 Å². The van der Waals surface area contributed by atoms with E-state index < -0.39 is 29.9 Å². The van der Waals surface area contributed by atoms with E-state index >= 15 is 0 Å². The summed E-state index contributed by atoms with van der Waals surface area (Å²) in [5.41, 5.74) is -0.232. The molecule has 0 radical (unpaired) electrons. The second kappa shape index (κ2) is 9.91. The van der Waals surface area contributed by atoms with Crippen LogP contribution in [0.2, 0.25) is 0 Å². The van der Waals surface area contributed by atoms with E-state index in [4.69, 9.17) is 9.47 Å². The summed E-state index contributed by atoms with van der Waals surface area (Å²) in [5, 5.41) is 32.7. The molecule has 0 spiro atoms. The van der Waals surface area contributed by atoms with Crippen LogP contribution in [-0.2, 0) is 6.61 Å². The number of aliphatic hydroxyl groups excluding tert-OH is 2. The lowest BCUT2D eigenvalue weighted by atomic mass is 9.93. The van der Waals surface area contributed by atoms with Crippen molar-refractivity contribution in [3.8, 4) is 11.5 Å². The third kappa shape index (κ3) is 5.01. The number of benzene rings is 2. The zero-order valence-corrected chi connectivity index (χ0v) is 19.2. The fourth-order valence-electron chi connectivity index (χ4n) is 5.09. The van der Waals surface area contributed by atoms with Crippen LogP contribution in [0.15, 0.2) is 72.8 Å². The molecule has 0 amide bonds. The molecule has 0 bridgehead atoms.